The van der Waals surface area contributed by atoms with Crippen LogP contribution in [0.4, 0.5) is 0 Å². The zero-order valence-electron chi connectivity index (χ0n) is 18.7. The highest BCUT2D eigenvalue weighted by atomic mass is 16.5. The maximum absolute atomic E-state index is 5.87. The molecule has 31 heavy (non-hydrogen) atoms. The van der Waals surface area contributed by atoms with E-state index in [0.717, 1.165) is 58.3 Å². The summed E-state index contributed by atoms with van der Waals surface area (Å²) in [6, 6.07) is 18.7. The maximum atomic E-state index is 5.87. The number of rotatable bonds is 11. The Morgan fingerprint density at radius 1 is 0.968 bits per heavy atom. The fourth-order valence-electron chi connectivity index (χ4n) is 3.53. The van der Waals surface area contributed by atoms with Gasteiger partial charge >= 0.3 is 0 Å². The largest absolute Gasteiger partial charge is 0.379 e. The molecule has 1 fully saturated rings. The third-order valence-electron chi connectivity index (χ3n) is 5.18. The van der Waals surface area contributed by atoms with Gasteiger partial charge in [-0.05, 0) is 36.6 Å². The van der Waals surface area contributed by atoms with E-state index >= 15 is 0 Å². The van der Waals surface area contributed by atoms with Crippen LogP contribution in [0.25, 0.3) is 0 Å². The van der Waals surface area contributed by atoms with Crippen molar-refractivity contribution in [1.29, 1.82) is 0 Å². The Bertz CT molecular complexity index is 776. The average molecular weight is 425 g/mol. The van der Waals surface area contributed by atoms with Crippen molar-refractivity contribution >= 4 is 5.96 Å². The molecule has 2 aromatic rings. The van der Waals surface area contributed by atoms with Gasteiger partial charge < -0.3 is 20.1 Å². The Kier molecular flexibility index (Phi) is 10.4. The third kappa shape index (κ3) is 9.09. The van der Waals surface area contributed by atoms with Crippen LogP contribution in [0.3, 0.4) is 0 Å². The van der Waals surface area contributed by atoms with E-state index in [0.29, 0.717) is 19.8 Å². The van der Waals surface area contributed by atoms with Crippen molar-refractivity contribution in [3.63, 3.8) is 0 Å². The Hall–Kier alpha value is -2.41. The molecule has 6 nitrogen and oxygen atoms in total. The highest BCUT2D eigenvalue weighted by molar-refractivity contribution is 5.79. The van der Waals surface area contributed by atoms with Crippen LogP contribution >= 0.6 is 0 Å². The fourth-order valence-corrected chi connectivity index (χ4v) is 3.53. The topological polar surface area (TPSA) is 58.1 Å². The van der Waals surface area contributed by atoms with Crippen LogP contribution in [0.15, 0.2) is 59.6 Å². The Balaban J connectivity index is 1.42. The molecule has 0 aromatic heterocycles. The lowest BCUT2D eigenvalue weighted by molar-refractivity contribution is 0.0376. The Labute approximate surface area is 186 Å². The number of ether oxygens (including phenoxy) is 2. The summed E-state index contributed by atoms with van der Waals surface area (Å²) in [6.07, 6.45) is 1.10. The van der Waals surface area contributed by atoms with E-state index in [9.17, 15) is 0 Å². The number of hydrogen-bond acceptors (Lipinski definition) is 4. The van der Waals surface area contributed by atoms with Crippen molar-refractivity contribution in [3.05, 3.63) is 71.3 Å². The molecule has 1 aliphatic rings. The number of benzene rings is 2. The van der Waals surface area contributed by atoms with Crippen molar-refractivity contribution in [2.24, 2.45) is 4.99 Å². The van der Waals surface area contributed by atoms with Gasteiger partial charge in [0.05, 0.1) is 33.0 Å². The van der Waals surface area contributed by atoms with Gasteiger partial charge in [-0.1, -0.05) is 54.6 Å². The van der Waals surface area contributed by atoms with Crippen LogP contribution in [-0.2, 0) is 29.2 Å². The Morgan fingerprint density at radius 3 is 2.52 bits per heavy atom. The predicted molar refractivity (Wildman–Crippen MR) is 126 cm³/mol. The second-order valence-electron chi connectivity index (χ2n) is 7.73. The van der Waals surface area contributed by atoms with Crippen LogP contribution in [0, 0.1) is 0 Å². The zero-order chi connectivity index (χ0) is 21.6. The molecule has 1 saturated heterocycles. The summed E-state index contributed by atoms with van der Waals surface area (Å²) in [7, 11) is 0. The van der Waals surface area contributed by atoms with Crippen LogP contribution in [0.2, 0.25) is 0 Å². The molecule has 0 radical (unpaired) electrons. The Morgan fingerprint density at radius 2 is 1.71 bits per heavy atom. The van der Waals surface area contributed by atoms with Gasteiger partial charge in [-0.15, -0.1) is 0 Å². The lowest BCUT2D eigenvalue weighted by atomic mass is 10.1. The van der Waals surface area contributed by atoms with Crippen molar-refractivity contribution in [2.75, 3.05) is 45.9 Å². The first-order valence-corrected chi connectivity index (χ1v) is 11.4. The molecule has 0 saturated carbocycles. The monoisotopic (exact) mass is 424 g/mol. The van der Waals surface area contributed by atoms with Crippen LogP contribution < -0.4 is 10.6 Å². The molecule has 6 heteroatoms. The first-order valence-electron chi connectivity index (χ1n) is 11.4. The minimum absolute atomic E-state index is 0.603. The normalized spacial score (nSPS) is 15.1. The predicted octanol–water partition coefficient (Wildman–Crippen LogP) is 3.18. The minimum Gasteiger partial charge on any atom is -0.379 e. The zero-order valence-corrected chi connectivity index (χ0v) is 18.7. The van der Waals surface area contributed by atoms with Gasteiger partial charge in [-0.3, -0.25) is 4.90 Å². The molecule has 0 unspecified atom stereocenters. The van der Waals surface area contributed by atoms with E-state index in [4.69, 9.17) is 14.5 Å². The molecule has 0 spiro atoms. The molecule has 2 N–H and O–H groups in total. The molecular formula is C25H36N4O2. The van der Waals surface area contributed by atoms with Crippen LogP contribution in [0.5, 0.6) is 0 Å². The minimum atomic E-state index is 0.603. The number of aliphatic imine (C=N–C) groups is 1. The summed E-state index contributed by atoms with van der Waals surface area (Å²) in [6.45, 7) is 10.6. The number of hydrogen-bond donors (Lipinski definition) is 2. The molecule has 3 rings (SSSR count). The third-order valence-corrected chi connectivity index (χ3v) is 5.18. The number of guanidine groups is 1. The van der Waals surface area contributed by atoms with Gasteiger partial charge in [0, 0.05) is 26.2 Å². The van der Waals surface area contributed by atoms with Gasteiger partial charge in [-0.2, -0.15) is 0 Å². The van der Waals surface area contributed by atoms with Gasteiger partial charge in [0.2, 0.25) is 0 Å². The average Bonchev–Trinajstić information content (AvgIpc) is 2.82. The van der Waals surface area contributed by atoms with E-state index in [-0.39, 0.29) is 0 Å². The smallest absolute Gasteiger partial charge is 0.191 e. The standard InChI is InChI=1S/C25H36N4O2/c1-2-26-25(27-12-7-13-29-14-16-30-17-15-29)28-19-23-10-6-11-24(18-23)21-31-20-22-8-4-3-5-9-22/h3-6,8-11,18H,2,7,12-17,19-21H2,1H3,(H2,26,27,28). The van der Waals surface area contributed by atoms with Crippen LogP contribution in [-0.4, -0.2) is 56.8 Å². The summed E-state index contributed by atoms with van der Waals surface area (Å²) in [5.41, 5.74) is 3.55. The van der Waals surface area contributed by atoms with Gasteiger partial charge in [0.1, 0.15) is 0 Å². The number of nitrogens with one attached hydrogen (secondary N) is 2. The maximum Gasteiger partial charge on any atom is 0.191 e. The van der Waals surface area contributed by atoms with Gasteiger partial charge in [0.15, 0.2) is 5.96 Å². The summed E-state index contributed by atoms with van der Waals surface area (Å²) in [5.74, 6) is 0.871. The summed E-state index contributed by atoms with van der Waals surface area (Å²) >= 11 is 0. The summed E-state index contributed by atoms with van der Waals surface area (Å²) in [4.78, 5) is 7.22. The molecule has 1 aliphatic heterocycles. The molecule has 1 heterocycles. The molecule has 168 valence electrons. The van der Waals surface area contributed by atoms with Gasteiger partial charge in [-0.25, -0.2) is 4.99 Å². The SMILES string of the molecule is CCNC(=NCc1cccc(COCc2ccccc2)c1)NCCCN1CCOCC1. The van der Waals surface area contributed by atoms with Gasteiger partial charge in [0.25, 0.3) is 0 Å². The quantitative estimate of drug-likeness (QED) is 0.330. The van der Waals surface area contributed by atoms with E-state index in [2.05, 4.69) is 58.9 Å². The second kappa shape index (κ2) is 13.8. The summed E-state index contributed by atoms with van der Waals surface area (Å²) < 4.78 is 11.3. The molecule has 0 atom stereocenters. The molecule has 0 aliphatic carbocycles. The van der Waals surface area contributed by atoms with Crippen molar-refractivity contribution in [1.82, 2.24) is 15.5 Å². The molecular weight excluding hydrogens is 388 g/mol. The number of nitrogens with zero attached hydrogens (tertiary/aromatic N) is 2. The highest BCUT2D eigenvalue weighted by Crippen LogP contribution is 2.10. The highest BCUT2D eigenvalue weighted by Gasteiger charge is 2.09. The van der Waals surface area contributed by atoms with Crippen LogP contribution in [0.1, 0.15) is 30.0 Å². The fraction of sp³-hybridized carbons (Fsp3) is 0.480. The molecule has 0 bridgehead atoms. The molecule has 2 aromatic carbocycles. The lowest BCUT2D eigenvalue weighted by Crippen LogP contribution is -2.40. The van der Waals surface area contributed by atoms with Crippen molar-refractivity contribution < 1.29 is 9.47 Å². The van der Waals surface area contributed by atoms with Crippen molar-refractivity contribution in [3.8, 4) is 0 Å². The van der Waals surface area contributed by atoms with E-state index in [1.165, 1.54) is 16.7 Å². The van der Waals surface area contributed by atoms with E-state index < -0.39 is 0 Å². The summed E-state index contributed by atoms with van der Waals surface area (Å²) in [5, 5.41) is 6.79. The number of morpholine rings is 1. The second-order valence-corrected chi connectivity index (χ2v) is 7.73. The first kappa shape index (κ1) is 23.3. The van der Waals surface area contributed by atoms with Crippen molar-refractivity contribution in [2.45, 2.75) is 33.1 Å². The first-order chi connectivity index (χ1) is 15.3. The lowest BCUT2D eigenvalue weighted by Gasteiger charge is -2.26. The van der Waals surface area contributed by atoms with E-state index in [1.54, 1.807) is 0 Å². The molecule has 0 amide bonds. The van der Waals surface area contributed by atoms with E-state index in [1.807, 2.05) is 18.2 Å².